The van der Waals surface area contributed by atoms with Gasteiger partial charge in [0.15, 0.2) is 5.78 Å². The van der Waals surface area contributed by atoms with Gasteiger partial charge in [0.2, 0.25) is 0 Å². The van der Waals surface area contributed by atoms with Gasteiger partial charge in [-0.2, -0.15) is 0 Å². The highest BCUT2D eigenvalue weighted by Crippen LogP contribution is 2.23. The molecule has 1 unspecified atom stereocenters. The van der Waals surface area contributed by atoms with Gasteiger partial charge in [-0.25, -0.2) is 0 Å². The van der Waals surface area contributed by atoms with E-state index in [1.165, 1.54) is 0 Å². The van der Waals surface area contributed by atoms with Crippen molar-refractivity contribution in [1.29, 1.82) is 0 Å². The molecule has 1 aliphatic carbocycles. The number of carbonyl (C=O) groups excluding carboxylic acids is 1. The van der Waals surface area contributed by atoms with E-state index in [1.807, 2.05) is 48.6 Å². The average molecular weight is 227 g/mol. The Labute approximate surface area is 102 Å². The first-order chi connectivity index (χ1) is 8.14. The molecule has 1 aromatic carbocycles. The molecular weight excluding hydrogens is 210 g/mol. The van der Waals surface area contributed by atoms with E-state index < -0.39 is 0 Å². The Kier molecular flexibility index (Phi) is 3.25. The first kappa shape index (κ1) is 11.8. The van der Waals surface area contributed by atoms with Crippen LogP contribution in [0.1, 0.15) is 30.1 Å². The second-order valence-corrected chi connectivity index (χ2v) is 4.48. The fourth-order valence-electron chi connectivity index (χ4n) is 1.88. The van der Waals surface area contributed by atoms with E-state index in [2.05, 4.69) is 6.92 Å². The van der Waals surface area contributed by atoms with Crippen LogP contribution in [-0.4, -0.2) is 11.3 Å². The molecule has 0 saturated heterocycles. The van der Waals surface area contributed by atoms with Gasteiger partial charge >= 0.3 is 0 Å². The second-order valence-electron chi connectivity index (χ2n) is 4.48. The van der Waals surface area contributed by atoms with Gasteiger partial charge in [-0.1, -0.05) is 55.5 Å². The van der Waals surface area contributed by atoms with Crippen molar-refractivity contribution in [2.45, 2.75) is 25.3 Å². The van der Waals surface area contributed by atoms with Gasteiger partial charge in [-0.15, -0.1) is 0 Å². The fourth-order valence-corrected chi connectivity index (χ4v) is 1.88. The molecule has 0 radical (unpaired) electrons. The lowest BCUT2D eigenvalue weighted by atomic mass is 9.85. The monoisotopic (exact) mass is 227 g/mol. The second kappa shape index (κ2) is 4.68. The van der Waals surface area contributed by atoms with Crippen molar-refractivity contribution in [2.75, 3.05) is 0 Å². The highest BCUT2D eigenvalue weighted by atomic mass is 16.1. The number of carbonyl (C=O) groups is 1. The lowest BCUT2D eigenvalue weighted by Gasteiger charge is -2.26. The van der Waals surface area contributed by atoms with Crippen LogP contribution in [0.15, 0.2) is 54.1 Å². The number of Topliss-reactive ketones (excluding diaryl/α,β-unsaturated/α-hetero) is 1. The smallest absolute Gasteiger partial charge is 0.192 e. The van der Waals surface area contributed by atoms with Crippen molar-refractivity contribution in [3.63, 3.8) is 0 Å². The van der Waals surface area contributed by atoms with Crippen LogP contribution in [0, 0.1) is 0 Å². The van der Waals surface area contributed by atoms with E-state index in [-0.39, 0.29) is 11.3 Å². The molecule has 0 saturated carbocycles. The van der Waals surface area contributed by atoms with Crippen LogP contribution in [-0.2, 0) is 0 Å². The summed E-state index contributed by atoms with van der Waals surface area (Å²) in [6.07, 6.45) is 7.35. The maximum Gasteiger partial charge on any atom is 0.192 e. The molecule has 0 amide bonds. The number of nitrogens with two attached hydrogens (primary N) is 1. The quantitative estimate of drug-likeness (QED) is 0.807. The van der Waals surface area contributed by atoms with Gasteiger partial charge in [0.1, 0.15) is 0 Å². The third-order valence-corrected chi connectivity index (χ3v) is 3.25. The third-order valence-electron chi connectivity index (χ3n) is 3.25. The molecule has 88 valence electrons. The molecular formula is C15H17NO. The van der Waals surface area contributed by atoms with Gasteiger partial charge in [-0.05, 0) is 12.8 Å². The Balaban J connectivity index is 2.17. The number of hydrogen-bond acceptors (Lipinski definition) is 2. The number of ketones is 1. The molecule has 0 aromatic heterocycles. The predicted molar refractivity (Wildman–Crippen MR) is 69.8 cm³/mol. The zero-order valence-corrected chi connectivity index (χ0v) is 10.0. The third kappa shape index (κ3) is 2.53. The maximum absolute atomic E-state index is 12.1. The van der Waals surface area contributed by atoms with Gasteiger partial charge in [0.25, 0.3) is 0 Å². The van der Waals surface area contributed by atoms with Crippen molar-refractivity contribution in [1.82, 2.24) is 0 Å². The SMILES string of the molecule is CCC1(N)C=CC(C(=O)c2ccccc2)=CC1. The minimum absolute atomic E-state index is 0.0694. The molecule has 17 heavy (non-hydrogen) atoms. The van der Waals surface area contributed by atoms with Crippen LogP contribution in [0.5, 0.6) is 0 Å². The van der Waals surface area contributed by atoms with Gasteiger partial charge < -0.3 is 5.73 Å². The fraction of sp³-hybridized carbons (Fsp3) is 0.267. The molecule has 1 aliphatic rings. The van der Waals surface area contributed by atoms with Crippen LogP contribution in [0.4, 0.5) is 0 Å². The molecule has 1 aromatic rings. The molecule has 0 spiro atoms. The Morgan fingerprint density at radius 1 is 1.35 bits per heavy atom. The summed E-state index contributed by atoms with van der Waals surface area (Å²) >= 11 is 0. The molecule has 0 fully saturated rings. The number of rotatable bonds is 3. The van der Waals surface area contributed by atoms with Gasteiger partial charge in [0.05, 0.1) is 0 Å². The molecule has 2 N–H and O–H groups in total. The summed E-state index contributed by atoms with van der Waals surface area (Å²) < 4.78 is 0. The lowest BCUT2D eigenvalue weighted by molar-refractivity contribution is 0.103. The summed E-state index contributed by atoms with van der Waals surface area (Å²) in [5, 5.41) is 0. The number of hydrogen-bond donors (Lipinski definition) is 1. The van der Waals surface area contributed by atoms with Crippen LogP contribution in [0.25, 0.3) is 0 Å². The number of allylic oxidation sites excluding steroid dienone is 2. The summed E-state index contributed by atoms with van der Waals surface area (Å²) in [7, 11) is 0. The Morgan fingerprint density at radius 2 is 2.06 bits per heavy atom. The van der Waals surface area contributed by atoms with Crippen molar-refractivity contribution in [3.05, 3.63) is 59.7 Å². The minimum atomic E-state index is -0.277. The Morgan fingerprint density at radius 3 is 2.59 bits per heavy atom. The van der Waals surface area contributed by atoms with Crippen LogP contribution >= 0.6 is 0 Å². The van der Waals surface area contributed by atoms with E-state index in [1.54, 1.807) is 0 Å². The van der Waals surface area contributed by atoms with E-state index in [0.29, 0.717) is 0 Å². The zero-order valence-electron chi connectivity index (χ0n) is 10.0. The van der Waals surface area contributed by atoms with E-state index in [0.717, 1.165) is 24.0 Å². The molecule has 1 atom stereocenters. The van der Waals surface area contributed by atoms with Crippen molar-refractivity contribution in [3.8, 4) is 0 Å². The van der Waals surface area contributed by atoms with E-state index >= 15 is 0 Å². The van der Waals surface area contributed by atoms with E-state index in [9.17, 15) is 4.79 Å². The Bertz CT molecular complexity index is 473. The lowest BCUT2D eigenvalue weighted by Crippen LogP contribution is -2.37. The highest BCUT2D eigenvalue weighted by Gasteiger charge is 2.22. The molecule has 0 aliphatic heterocycles. The summed E-state index contributed by atoms with van der Waals surface area (Å²) in [6, 6.07) is 9.32. The normalized spacial score (nSPS) is 23.3. The molecule has 0 heterocycles. The highest BCUT2D eigenvalue weighted by molar-refractivity contribution is 6.10. The van der Waals surface area contributed by atoms with Crippen LogP contribution in [0.2, 0.25) is 0 Å². The van der Waals surface area contributed by atoms with Crippen molar-refractivity contribution < 1.29 is 4.79 Å². The summed E-state index contributed by atoms with van der Waals surface area (Å²) in [6.45, 7) is 2.06. The first-order valence-corrected chi connectivity index (χ1v) is 5.93. The maximum atomic E-state index is 12.1. The average Bonchev–Trinajstić information content (AvgIpc) is 2.40. The minimum Gasteiger partial charge on any atom is -0.322 e. The standard InChI is InChI=1S/C15H17NO/c1-2-15(16)10-8-13(9-11-15)14(17)12-6-4-3-5-7-12/h3-10H,2,11,16H2,1H3. The van der Waals surface area contributed by atoms with E-state index in [4.69, 9.17) is 5.73 Å². The first-order valence-electron chi connectivity index (χ1n) is 5.93. The van der Waals surface area contributed by atoms with Crippen LogP contribution < -0.4 is 5.73 Å². The molecule has 2 heteroatoms. The molecule has 2 rings (SSSR count). The number of benzene rings is 1. The Hall–Kier alpha value is -1.67. The largest absolute Gasteiger partial charge is 0.322 e. The van der Waals surface area contributed by atoms with Crippen molar-refractivity contribution in [2.24, 2.45) is 5.73 Å². The van der Waals surface area contributed by atoms with Gasteiger partial charge in [0, 0.05) is 16.7 Å². The topological polar surface area (TPSA) is 43.1 Å². The summed E-state index contributed by atoms with van der Waals surface area (Å²) in [4.78, 5) is 12.1. The van der Waals surface area contributed by atoms with Gasteiger partial charge in [-0.3, -0.25) is 4.79 Å². The summed E-state index contributed by atoms with van der Waals surface area (Å²) in [5.74, 6) is 0.0694. The predicted octanol–water partition coefficient (Wildman–Crippen LogP) is 2.86. The summed E-state index contributed by atoms with van der Waals surface area (Å²) in [5.41, 5.74) is 7.31. The zero-order chi connectivity index (χ0) is 12.3. The van der Waals surface area contributed by atoms with Crippen molar-refractivity contribution >= 4 is 5.78 Å². The molecule has 2 nitrogen and oxygen atoms in total. The van der Waals surface area contributed by atoms with Crippen LogP contribution in [0.3, 0.4) is 0 Å². The molecule has 0 bridgehead atoms.